The molecule has 2 aliphatic rings. The average molecular weight is 767 g/mol. The van der Waals surface area contributed by atoms with E-state index in [-0.39, 0.29) is 49.5 Å². The molecule has 0 radical (unpaired) electrons. The summed E-state index contributed by atoms with van der Waals surface area (Å²) in [5.74, 6) is -0.0457. The number of likely N-dealkylation sites (tertiary alicyclic amines) is 1. The van der Waals surface area contributed by atoms with Gasteiger partial charge in [0.25, 0.3) is 0 Å². The van der Waals surface area contributed by atoms with E-state index in [9.17, 15) is 9.59 Å². The van der Waals surface area contributed by atoms with Gasteiger partial charge in [0.1, 0.15) is 17.0 Å². The lowest BCUT2D eigenvalue weighted by Gasteiger charge is -2.37. The van der Waals surface area contributed by atoms with Gasteiger partial charge in [-0.25, -0.2) is 18.9 Å². The standard InChI is InChI=1S/C42H51FN8O5/c1-25-21-27(12-14-30(25)26(2)46-36(52)37-47-38(49-56-37)40(3,4)5)34-31-22-28(23-45-35(31)51(48-34)33-11-9-10-20-54-33)32-15-13-29(24-44-32)42(43)16-18-50(19-17-42)39(53)55-41(6,7)8/h12-15,21-24,26,33H,9-11,16-20H2,1-8H3,(H,46,52). The monoisotopic (exact) mass is 766 g/mol. The van der Waals surface area contributed by atoms with Crippen molar-refractivity contribution in [2.24, 2.45) is 0 Å². The van der Waals surface area contributed by atoms with E-state index in [0.29, 0.717) is 29.3 Å². The molecule has 0 bridgehead atoms. The Morgan fingerprint density at radius 3 is 2.39 bits per heavy atom. The predicted octanol–water partition coefficient (Wildman–Crippen LogP) is 8.54. The average Bonchev–Trinajstić information content (AvgIpc) is 3.81. The zero-order valence-corrected chi connectivity index (χ0v) is 33.5. The number of alkyl halides is 1. The van der Waals surface area contributed by atoms with Gasteiger partial charge in [0.2, 0.25) is 0 Å². The van der Waals surface area contributed by atoms with Gasteiger partial charge in [-0.3, -0.25) is 9.78 Å². The molecular weight excluding hydrogens is 716 g/mol. The first kappa shape index (κ1) is 39.0. The number of piperidine rings is 1. The van der Waals surface area contributed by atoms with Crippen LogP contribution >= 0.6 is 0 Å². The molecule has 0 spiro atoms. The molecule has 2 saturated heterocycles. The van der Waals surface area contributed by atoms with E-state index in [1.165, 1.54) is 0 Å². The van der Waals surface area contributed by atoms with Crippen LogP contribution in [0.4, 0.5) is 9.18 Å². The quantitative estimate of drug-likeness (QED) is 0.171. The number of nitrogens with zero attached hydrogens (tertiary/aromatic N) is 7. The van der Waals surface area contributed by atoms with Crippen molar-refractivity contribution >= 4 is 23.0 Å². The van der Waals surface area contributed by atoms with Crippen molar-refractivity contribution in [2.75, 3.05) is 19.7 Å². The predicted molar refractivity (Wildman–Crippen MR) is 208 cm³/mol. The second-order valence-electron chi connectivity index (χ2n) is 17.0. The normalized spacial score (nSPS) is 18.2. The summed E-state index contributed by atoms with van der Waals surface area (Å²) < 4.78 is 35.0. The van der Waals surface area contributed by atoms with Crippen LogP contribution in [0.3, 0.4) is 0 Å². The summed E-state index contributed by atoms with van der Waals surface area (Å²) in [7, 11) is 0. The van der Waals surface area contributed by atoms with E-state index in [1.54, 1.807) is 23.4 Å². The fourth-order valence-electron chi connectivity index (χ4n) is 7.25. The van der Waals surface area contributed by atoms with E-state index in [0.717, 1.165) is 52.6 Å². The minimum absolute atomic E-state index is 0.0738. The van der Waals surface area contributed by atoms with Gasteiger partial charge in [-0.05, 0) is 83.2 Å². The van der Waals surface area contributed by atoms with Crippen LogP contribution in [0.2, 0.25) is 0 Å². The zero-order chi connectivity index (χ0) is 40.0. The highest BCUT2D eigenvalue weighted by atomic mass is 19.1. The number of fused-ring (bicyclic) bond motifs is 1. The van der Waals surface area contributed by atoms with E-state index < -0.39 is 23.3 Å². The molecular formula is C42H51FN8O5. The van der Waals surface area contributed by atoms with Crippen LogP contribution < -0.4 is 5.32 Å². The minimum atomic E-state index is -1.60. The van der Waals surface area contributed by atoms with Crippen LogP contribution in [-0.2, 0) is 20.6 Å². The molecule has 2 unspecified atom stereocenters. The maximum Gasteiger partial charge on any atom is 0.410 e. The van der Waals surface area contributed by atoms with Crippen LogP contribution in [0.15, 0.2) is 53.3 Å². The second kappa shape index (κ2) is 15.0. The number of pyridine rings is 2. The number of hydrogen-bond donors (Lipinski definition) is 1. The summed E-state index contributed by atoms with van der Waals surface area (Å²) in [6.45, 7) is 16.4. The third-order valence-corrected chi connectivity index (χ3v) is 10.4. The van der Waals surface area contributed by atoms with Crippen molar-refractivity contribution in [1.82, 2.24) is 40.1 Å². The molecule has 296 valence electrons. The van der Waals surface area contributed by atoms with E-state index in [1.807, 2.05) is 84.3 Å². The highest BCUT2D eigenvalue weighted by Crippen LogP contribution is 2.39. The van der Waals surface area contributed by atoms with Gasteiger partial charge in [0.05, 0.1) is 11.7 Å². The lowest BCUT2D eigenvalue weighted by atomic mass is 9.87. The molecule has 5 aromatic rings. The van der Waals surface area contributed by atoms with Gasteiger partial charge in [-0.1, -0.05) is 44.1 Å². The summed E-state index contributed by atoms with van der Waals surface area (Å²) in [4.78, 5) is 41.0. The number of halogens is 1. The molecule has 1 aromatic carbocycles. The van der Waals surface area contributed by atoms with Crippen molar-refractivity contribution in [3.8, 4) is 22.5 Å². The Bertz CT molecular complexity index is 2220. The van der Waals surface area contributed by atoms with Crippen molar-refractivity contribution in [1.29, 1.82) is 0 Å². The highest BCUT2D eigenvalue weighted by molar-refractivity contribution is 5.94. The number of hydrogen-bond acceptors (Lipinski definition) is 10. The molecule has 2 fully saturated rings. The highest BCUT2D eigenvalue weighted by Gasteiger charge is 2.39. The van der Waals surface area contributed by atoms with Crippen molar-refractivity contribution in [2.45, 2.75) is 116 Å². The van der Waals surface area contributed by atoms with Crippen LogP contribution in [0, 0.1) is 6.92 Å². The number of aryl methyl sites for hydroxylation is 1. The Kier molecular flexibility index (Phi) is 10.5. The largest absolute Gasteiger partial charge is 0.444 e. The molecule has 6 heterocycles. The summed E-state index contributed by atoms with van der Waals surface area (Å²) >= 11 is 0. The SMILES string of the molecule is Cc1cc(-c2nn(C3CCCCO3)c3ncc(-c4ccc(C5(F)CCN(C(=O)OC(C)(C)C)CC5)cn4)cc23)ccc1C(C)NC(=O)c1nc(C(C)(C)C)no1. The maximum atomic E-state index is 16.2. The summed E-state index contributed by atoms with van der Waals surface area (Å²) in [6.07, 6.45) is 5.88. The molecule has 56 heavy (non-hydrogen) atoms. The minimum Gasteiger partial charge on any atom is -0.444 e. The Balaban J connectivity index is 1.14. The van der Waals surface area contributed by atoms with E-state index >= 15 is 4.39 Å². The van der Waals surface area contributed by atoms with Crippen LogP contribution in [0.1, 0.15) is 126 Å². The van der Waals surface area contributed by atoms with E-state index in [2.05, 4.69) is 21.5 Å². The van der Waals surface area contributed by atoms with Gasteiger partial charge in [-0.2, -0.15) is 10.1 Å². The van der Waals surface area contributed by atoms with Crippen molar-refractivity contribution < 1.29 is 28.0 Å². The second-order valence-corrected chi connectivity index (χ2v) is 17.0. The zero-order valence-electron chi connectivity index (χ0n) is 33.5. The number of benzene rings is 1. The molecule has 2 aliphatic heterocycles. The van der Waals surface area contributed by atoms with Gasteiger partial charge in [0, 0.05) is 72.4 Å². The Labute approximate surface area is 326 Å². The van der Waals surface area contributed by atoms with Gasteiger partial charge in [-0.15, -0.1) is 0 Å². The first-order chi connectivity index (χ1) is 26.5. The van der Waals surface area contributed by atoms with Gasteiger partial charge in [0.15, 0.2) is 17.7 Å². The Morgan fingerprint density at radius 1 is 1.00 bits per heavy atom. The maximum absolute atomic E-state index is 16.2. The summed E-state index contributed by atoms with van der Waals surface area (Å²) in [5, 5.41) is 12.9. The Hall–Kier alpha value is -5.24. The topological polar surface area (TPSA) is 150 Å². The number of carbonyl (C=O) groups is 2. The molecule has 1 N–H and O–H groups in total. The van der Waals surface area contributed by atoms with Crippen LogP contribution in [0.25, 0.3) is 33.5 Å². The number of nitrogens with one attached hydrogen (secondary N) is 1. The molecule has 14 heteroatoms. The number of rotatable bonds is 7. The lowest BCUT2D eigenvalue weighted by molar-refractivity contribution is -0.0368. The molecule has 2 atom stereocenters. The van der Waals surface area contributed by atoms with Crippen molar-refractivity contribution in [3.05, 3.63) is 77.2 Å². The van der Waals surface area contributed by atoms with E-state index in [4.69, 9.17) is 29.1 Å². The fraction of sp³-hybridized carbons (Fsp3) is 0.500. The van der Waals surface area contributed by atoms with Gasteiger partial charge >= 0.3 is 17.9 Å². The number of carbonyl (C=O) groups excluding carboxylic acids is 2. The van der Waals surface area contributed by atoms with Gasteiger partial charge < -0.3 is 24.2 Å². The van der Waals surface area contributed by atoms with Crippen LogP contribution in [0.5, 0.6) is 0 Å². The lowest BCUT2D eigenvalue weighted by Crippen LogP contribution is -2.45. The fourth-order valence-corrected chi connectivity index (χ4v) is 7.25. The molecule has 13 nitrogen and oxygen atoms in total. The molecule has 0 saturated carbocycles. The smallest absolute Gasteiger partial charge is 0.410 e. The summed E-state index contributed by atoms with van der Waals surface area (Å²) in [6, 6.07) is 11.3. The first-order valence-corrected chi connectivity index (χ1v) is 19.4. The first-order valence-electron chi connectivity index (χ1n) is 19.4. The number of ether oxygens (including phenoxy) is 2. The molecule has 0 aliphatic carbocycles. The third kappa shape index (κ3) is 8.16. The molecule has 7 rings (SSSR count). The Morgan fingerprint density at radius 2 is 1.77 bits per heavy atom. The molecule has 4 aromatic heterocycles. The number of amides is 2. The van der Waals surface area contributed by atoms with Crippen LogP contribution in [-0.4, -0.2) is 72.1 Å². The molecule has 2 amide bonds. The van der Waals surface area contributed by atoms with Crippen molar-refractivity contribution in [3.63, 3.8) is 0 Å². The number of aromatic nitrogens is 6. The third-order valence-electron chi connectivity index (χ3n) is 10.4. The summed E-state index contributed by atoms with van der Waals surface area (Å²) in [5.41, 5.74) is 3.56.